The van der Waals surface area contributed by atoms with Gasteiger partial charge in [-0.2, -0.15) is 0 Å². The van der Waals surface area contributed by atoms with Crippen molar-refractivity contribution >= 4 is 5.84 Å². The third-order valence-corrected chi connectivity index (χ3v) is 3.15. The lowest BCUT2D eigenvalue weighted by atomic mass is 10.1. The summed E-state index contributed by atoms with van der Waals surface area (Å²) in [5.74, 6) is 0.119. The van der Waals surface area contributed by atoms with Gasteiger partial charge >= 0.3 is 0 Å². The van der Waals surface area contributed by atoms with E-state index in [1.54, 1.807) is 6.20 Å². The van der Waals surface area contributed by atoms with Crippen LogP contribution < -0.4 is 11.1 Å². The maximum absolute atomic E-state index is 8.60. The van der Waals surface area contributed by atoms with Crippen LogP contribution in [0.4, 0.5) is 0 Å². The van der Waals surface area contributed by atoms with Crippen LogP contribution in [-0.2, 0) is 6.54 Å². The van der Waals surface area contributed by atoms with Crippen LogP contribution in [0.3, 0.4) is 0 Å². The standard InChI is InChI=1S/C15H18N4O/c1-11(14-3-2-8-17-10-14)18-9-12-4-6-13(7-5-12)15(16)19-20/h2-8,10-11,18,20H,9H2,1H3,(H2,16,19)/t11-/m1/s1. The minimum Gasteiger partial charge on any atom is -0.409 e. The fraction of sp³-hybridized carbons (Fsp3) is 0.200. The van der Waals surface area contributed by atoms with Gasteiger partial charge in [-0.25, -0.2) is 0 Å². The highest BCUT2D eigenvalue weighted by Crippen LogP contribution is 2.11. The molecule has 20 heavy (non-hydrogen) atoms. The number of amidine groups is 1. The van der Waals surface area contributed by atoms with E-state index in [1.807, 2.05) is 42.6 Å². The van der Waals surface area contributed by atoms with E-state index in [9.17, 15) is 0 Å². The molecule has 0 fully saturated rings. The van der Waals surface area contributed by atoms with Crippen molar-refractivity contribution < 1.29 is 5.21 Å². The summed E-state index contributed by atoms with van der Waals surface area (Å²) < 4.78 is 0. The van der Waals surface area contributed by atoms with Crippen molar-refractivity contribution in [2.45, 2.75) is 19.5 Å². The highest BCUT2D eigenvalue weighted by molar-refractivity contribution is 5.96. The summed E-state index contributed by atoms with van der Waals surface area (Å²) in [6.07, 6.45) is 3.63. The van der Waals surface area contributed by atoms with Gasteiger partial charge in [0.25, 0.3) is 0 Å². The Morgan fingerprint density at radius 2 is 2.10 bits per heavy atom. The number of nitrogens with zero attached hydrogens (tertiary/aromatic N) is 2. The molecule has 0 unspecified atom stereocenters. The summed E-state index contributed by atoms with van der Waals surface area (Å²) >= 11 is 0. The van der Waals surface area contributed by atoms with Crippen LogP contribution in [0, 0.1) is 0 Å². The molecule has 1 aromatic carbocycles. The van der Waals surface area contributed by atoms with Gasteiger partial charge in [0.1, 0.15) is 0 Å². The van der Waals surface area contributed by atoms with Crippen molar-refractivity contribution in [3.8, 4) is 0 Å². The highest BCUT2D eigenvalue weighted by atomic mass is 16.4. The second kappa shape index (κ2) is 6.68. The second-order valence-electron chi connectivity index (χ2n) is 4.57. The zero-order chi connectivity index (χ0) is 14.4. The quantitative estimate of drug-likeness (QED) is 0.336. The zero-order valence-electron chi connectivity index (χ0n) is 11.3. The van der Waals surface area contributed by atoms with E-state index in [0.717, 1.165) is 17.7 Å². The Hall–Kier alpha value is -2.40. The second-order valence-corrected chi connectivity index (χ2v) is 4.57. The number of rotatable bonds is 5. The Morgan fingerprint density at radius 1 is 1.35 bits per heavy atom. The van der Waals surface area contributed by atoms with Crippen LogP contribution in [0.1, 0.15) is 29.7 Å². The fourth-order valence-corrected chi connectivity index (χ4v) is 1.87. The smallest absolute Gasteiger partial charge is 0.170 e. The topological polar surface area (TPSA) is 83.5 Å². The Balaban J connectivity index is 1.94. The van der Waals surface area contributed by atoms with E-state index in [4.69, 9.17) is 10.9 Å². The Labute approximate surface area is 118 Å². The van der Waals surface area contributed by atoms with Gasteiger partial charge in [-0.3, -0.25) is 4.98 Å². The van der Waals surface area contributed by atoms with Crippen molar-refractivity contribution in [1.82, 2.24) is 10.3 Å². The maximum atomic E-state index is 8.60. The molecule has 104 valence electrons. The molecule has 0 aliphatic heterocycles. The van der Waals surface area contributed by atoms with Crippen LogP contribution >= 0.6 is 0 Å². The van der Waals surface area contributed by atoms with E-state index >= 15 is 0 Å². The van der Waals surface area contributed by atoms with Gasteiger partial charge in [-0.05, 0) is 24.1 Å². The molecule has 1 aromatic heterocycles. The molecular formula is C15H18N4O. The van der Waals surface area contributed by atoms with Gasteiger partial charge < -0.3 is 16.3 Å². The van der Waals surface area contributed by atoms with Crippen molar-refractivity contribution in [1.29, 1.82) is 0 Å². The molecule has 5 heteroatoms. The number of nitrogens with two attached hydrogens (primary N) is 1. The molecule has 0 saturated carbocycles. The molecule has 0 aliphatic rings. The molecule has 1 atom stereocenters. The molecule has 0 radical (unpaired) electrons. The molecular weight excluding hydrogens is 252 g/mol. The summed E-state index contributed by atoms with van der Waals surface area (Å²) in [5, 5.41) is 15.0. The molecule has 0 bridgehead atoms. The van der Waals surface area contributed by atoms with Gasteiger partial charge in [0, 0.05) is 30.5 Å². The molecule has 0 aliphatic carbocycles. The van der Waals surface area contributed by atoms with E-state index in [2.05, 4.69) is 22.4 Å². The van der Waals surface area contributed by atoms with Crippen LogP contribution in [0.15, 0.2) is 53.9 Å². The largest absolute Gasteiger partial charge is 0.409 e. The predicted molar refractivity (Wildman–Crippen MR) is 78.4 cm³/mol. The van der Waals surface area contributed by atoms with Crippen LogP contribution in [0.5, 0.6) is 0 Å². The molecule has 1 heterocycles. The first-order valence-corrected chi connectivity index (χ1v) is 6.41. The molecule has 4 N–H and O–H groups in total. The molecule has 5 nitrogen and oxygen atoms in total. The third kappa shape index (κ3) is 3.55. The Kier molecular flexibility index (Phi) is 4.68. The average molecular weight is 270 g/mol. The summed E-state index contributed by atoms with van der Waals surface area (Å²) in [7, 11) is 0. The first-order chi connectivity index (χ1) is 9.70. The molecule has 2 rings (SSSR count). The van der Waals surface area contributed by atoms with Gasteiger partial charge in [0.05, 0.1) is 0 Å². The molecule has 0 spiro atoms. The van der Waals surface area contributed by atoms with Crippen molar-refractivity contribution in [2.24, 2.45) is 10.9 Å². The van der Waals surface area contributed by atoms with Crippen LogP contribution in [-0.4, -0.2) is 16.0 Å². The first-order valence-electron chi connectivity index (χ1n) is 6.41. The van der Waals surface area contributed by atoms with E-state index in [-0.39, 0.29) is 11.9 Å². The minimum absolute atomic E-state index is 0.119. The number of hydrogen-bond acceptors (Lipinski definition) is 4. The summed E-state index contributed by atoms with van der Waals surface area (Å²) in [6, 6.07) is 11.8. The van der Waals surface area contributed by atoms with Crippen LogP contribution in [0.25, 0.3) is 0 Å². The normalized spacial score (nSPS) is 13.2. The van der Waals surface area contributed by atoms with E-state index in [0.29, 0.717) is 5.56 Å². The van der Waals surface area contributed by atoms with Crippen molar-refractivity contribution in [3.63, 3.8) is 0 Å². The number of aromatic nitrogens is 1. The van der Waals surface area contributed by atoms with Crippen molar-refractivity contribution in [3.05, 3.63) is 65.5 Å². The summed E-state index contributed by atoms with van der Waals surface area (Å²) in [5.41, 5.74) is 8.51. The van der Waals surface area contributed by atoms with Gasteiger partial charge in [-0.1, -0.05) is 35.5 Å². The fourth-order valence-electron chi connectivity index (χ4n) is 1.87. The van der Waals surface area contributed by atoms with Crippen molar-refractivity contribution in [2.75, 3.05) is 0 Å². The lowest BCUT2D eigenvalue weighted by molar-refractivity contribution is 0.318. The lowest BCUT2D eigenvalue weighted by Crippen LogP contribution is -2.18. The number of nitrogens with one attached hydrogen (secondary N) is 1. The minimum atomic E-state index is 0.119. The number of oxime groups is 1. The predicted octanol–water partition coefficient (Wildman–Crippen LogP) is 2.03. The SMILES string of the molecule is C[C@@H](NCc1ccc(/C(N)=N/O)cc1)c1cccnc1. The Morgan fingerprint density at radius 3 is 2.70 bits per heavy atom. The molecule has 0 amide bonds. The highest BCUT2D eigenvalue weighted by Gasteiger charge is 2.05. The maximum Gasteiger partial charge on any atom is 0.170 e. The summed E-state index contributed by atoms with van der Waals surface area (Å²) in [6.45, 7) is 2.84. The van der Waals surface area contributed by atoms with Gasteiger partial charge in [-0.15, -0.1) is 0 Å². The number of pyridine rings is 1. The Bertz CT molecular complexity index is 566. The average Bonchev–Trinajstić information content (AvgIpc) is 2.53. The monoisotopic (exact) mass is 270 g/mol. The number of benzene rings is 1. The zero-order valence-corrected chi connectivity index (χ0v) is 11.3. The van der Waals surface area contributed by atoms with Crippen LogP contribution in [0.2, 0.25) is 0 Å². The van der Waals surface area contributed by atoms with Gasteiger partial charge in [0.2, 0.25) is 0 Å². The molecule has 0 saturated heterocycles. The summed E-state index contributed by atoms with van der Waals surface area (Å²) in [4.78, 5) is 4.11. The van der Waals surface area contributed by atoms with E-state index < -0.39 is 0 Å². The lowest BCUT2D eigenvalue weighted by Gasteiger charge is -2.14. The first kappa shape index (κ1) is 14.0. The molecule has 2 aromatic rings. The third-order valence-electron chi connectivity index (χ3n) is 3.15. The number of hydrogen-bond donors (Lipinski definition) is 3. The van der Waals surface area contributed by atoms with E-state index in [1.165, 1.54) is 0 Å². The van der Waals surface area contributed by atoms with Gasteiger partial charge in [0.15, 0.2) is 5.84 Å².